The molecule has 0 aromatic carbocycles. The van der Waals surface area contributed by atoms with E-state index < -0.39 is 16.7 Å². The summed E-state index contributed by atoms with van der Waals surface area (Å²) in [6.45, 7) is 0. The molecule has 0 fully saturated rings. The summed E-state index contributed by atoms with van der Waals surface area (Å²) in [5.74, 6) is 1.42. The lowest BCUT2D eigenvalue weighted by Gasteiger charge is -2.14. The number of nitriles is 4. The van der Waals surface area contributed by atoms with Crippen LogP contribution in [0.5, 0.6) is 0 Å². The van der Waals surface area contributed by atoms with E-state index in [9.17, 15) is 0 Å². The van der Waals surface area contributed by atoms with E-state index in [-0.39, 0.29) is 0 Å². The molecule has 0 saturated heterocycles. The minimum Gasteiger partial charge on any atom is -0.762 e. The molecular weight excluding hydrogens is 228 g/mol. The molecule has 90 valence electrons. The van der Waals surface area contributed by atoms with Crippen LogP contribution in [0, 0.1) is 45.3 Å². The van der Waals surface area contributed by atoms with Crippen LogP contribution in [-0.2, 0) is 0 Å². The number of rotatable bonds is 1. The second-order valence-corrected chi connectivity index (χ2v) is 4.37. The molecule has 0 aromatic rings. The lowest BCUT2D eigenvalue weighted by Crippen LogP contribution is -2.27. The van der Waals surface area contributed by atoms with Gasteiger partial charge in [0.25, 0.3) is 0 Å². The van der Waals surface area contributed by atoms with Crippen molar-refractivity contribution in [2.24, 2.45) is 0 Å². The van der Waals surface area contributed by atoms with Crippen LogP contribution in [0.25, 0.3) is 5.41 Å². The molecule has 0 N–H and O–H groups in total. The maximum atomic E-state index is 8.46. The van der Waals surface area contributed by atoms with E-state index in [0.29, 0.717) is 0 Å². The number of nitrogens with zero attached hydrogens (tertiary/aromatic N) is 6. The monoisotopic (exact) mass is 240 g/mol. The minimum atomic E-state index is -0.527. The average Bonchev–Trinajstić information content (AvgIpc) is 2.27. The number of hydrogen-bond acceptors (Lipinski definition) is 4. The average molecular weight is 240 g/mol. The quantitative estimate of drug-likeness (QED) is 0.292. The van der Waals surface area contributed by atoms with Crippen LogP contribution in [-0.4, -0.2) is 38.5 Å². The summed E-state index contributed by atoms with van der Waals surface area (Å²) >= 11 is 0. The minimum absolute atomic E-state index is 0.477. The van der Waals surface area contributed by atoms with Crippen molar-refractivity contribution in [1.82, 2.24) is 0 Å². The number of hydrogen-bond donors (Lipinski definition) is 0. The van der Waals surface area contributed by atoms with E-state index in [1.54, 1.807) is 0 Å². The van der Waals surface area contributed by atoms with Crippen molar-refractivity contribution >= 4 is 5.87 Å². The van der Waals surface area contributed by atoms with Crippen LogP contribution in [0.4, 0.5) is 0 Å². The molecule has 6 nitrogen and oxygen atoms in total. The molecule has 0 bridgehead atoms. The molecule has 0 aliphatic carbocycles. The van der Waals surface area contributed by atoms with Gasteiger partial charge in [-0.1, -0.05) is 0 Å². The third-order valence-corrected chi connectivity index (χ3v) is 1.06. The standard InChI is InChI=1S/C8N5.C4H12N/c9-1-6(2-10)8(5-13)7(3-11)4-12;1-5(2,3)4/h;1-4H3/q-1;+1. The molecule has 0 atom stereocenters. The first-order chi connectivity index (χ1) is 8.24. The Hall–Kier alpha value is -2.89. The van der Waals surface area contributed by atoms with Crippen molar-refractivity contribution in [3.05, 3.63) is 22.1 Å². The molecule has 0 aromatic heterocycles. The highest BCUT2D eigenvalue weighted by molar-refractivity contribution is 5.77. The van der Waals surface area contributed by atoms with E-state index in [2.05, 4.69) is 28.2 Å². The normalized spacial score (nSPS) is 7.78. The Morgan fingerprint density at radius 1 is 0.833 bits per heavy atom. The van der Waals surface area contributed by atoms with E-state index in [0.717, 1.165) is 4.48 Å². The van der Waals surface area contributed by atoms with Crippen LogP contribution < -0.4 is 0 Å². The highest BCUT2D eigenvalue weighted by atomic mass is 15.2. The van der Waals surface area contributed by atoms with Gasteiger partial charge in [-0.25, -0.2) is 5.87 Å². The zero-order valence-electron chi connectivity index (χ0n) is 10.7. The Balaban J connectivity index is 0. The maximum absolute atomic E-state index is 8.46. The van der Waals surface area contributed by atoms with Crippen LogP contribution >= 0.6 is 0 Å². The molecular formula is C12H12N6. The molecule has 0 aliphatic heterocycles. The fourth-order valence-electron chi connectivity index (χ4n) is 0.510. The Morgan fingerprint density at radius 3 is 1.39 bits per heavy atom. The predicted octanol–water partition coefficient (Wildman–Crippen LogP) is 0.865. The predicted molar refractivity (Wildman–Crippen MR) is 65.3 cm³/mol. The molecule has 0 aliphatic rings. The molecule has 0 radical (unpaired) electrons. The van der Waals surface area contributed by atoms with Crippen LogP contribution in [0.2, 0.25) is 0 Å². The first kappa shape index (κ1) is 17.5. The fraction of sp³-hybridized carbons (Fsp3) is 0.333. The summed E-state index contributed by atoms with van der Waals surface area (Å²) in [5, 5.41) is 41.9. The zero-order valence-corrected chi connectivity index (χ0v) is 10.7. The molecule has 6 heteroatoms. The topological polar surface area (TPSA) is 117 Å². The van der Waals surface area contributed by atoms with Gasteiger partial charge >= 0.3 is 0 Å². The Kier molecular flexibility index (Phi) is 8.06. The zero-order chi connectivity index (χ0) is 14.8. The number of quaternary nitrogens is 1. The Bertz CT molecular complexity index is 520. The SMILES string of the molecule is C[N+](C)(C)C.N#CC(=C=[N-])C(C#N)=C(C#N)C#N. The molecule has 18 heavy (non-hydrogen) atoms. The van der Waals surface area contributed by atoms with Gasteiger partial charge in [-0.3, -0.25) is 0 Å². The Labute approximate surface area is 107 Å². The van der Waals surface area contributed by atoms with Gasteiger partial charge in [0.2, 0.25) is 0 Å². The third-order valence-electron chi connectivity index (χ3n) is 1.06. The first-order valence-corrected chi connectivity index (χ1v) is 4.66. The van der Waals surface area contributed by atoms with Gasteiger partial charge < -0.3 is 9.89 Å². The Morgan fingerprint density at radius 2 is 1.22 bits per heavy atom. The molecule has 0 amide bonds. The van der Waals surface area contributed by atoms with E-state index in [4.69, 9.17) is 26.5 Å². The van der Waals surface area contributed by atoms with Crippen LogP contribution in [0.15, 0.2) is 16.7 Å². The van der Waals surface area contributed by atoms with E-state index in [1.165, 1.54) is 30.1 Å². The lowest BCUT2D eigenvalue weighted by molar-refractivity contribution is -0.849. The van der Waals surface area contributed by atoms with Crippen molar-refractivity contribution in [2.45, 2.75) is 0 Å². The smallest absolute Gasteiger partial charge is 0.149 e. The van der Waals surface area contributed by atoms with Crippen molar-refractivity contribution in [3.63, 3.8) is 0 Å². The highest BCUT2D eigenvalue weighted by Gasteiger charge is 2.08. The van der Waals surface area contributed by atoms with E-state index >= 15 is 0 Å². The van der Waals surface area contributed by atoms with Gasteiger partial charge in [0, 0.05) is 0 Å². The summed E-state index contributed by atoms with van der Waals surface area (Å²) in [6.07, 6.45) is 0. The fourth-order valence-corrected chi connectivity index (χ4v) is 0.510. The van der Waals surface area contributed by atoms with Gasteiger partial charge in [-0.2, -0.15) is 21.0 Å². The van der Waals surface area contributed by atoms with Crippen LogP contribution in [0.3, 0.4) is 0 Å². The summed E-state index contributed by atoms with van der Waals surface area (Å²) in [5.41, 5.74) is -1.53. The van der Waals surface area contributed by atoms with Crippen molar-refractivity contribution in [1.29, 1.82) is 21.0 Å². The van der Waals surface area contributed by atoms with Gasteiger partial charge in [0.05, 0.1) is 33.8 Å². The number of allylic oxidation sites excluding steroid dienone is 3. The first-order valence-electron chi connectivity index (χ1n) is 4.66. The lowest BCUT2D eigenvalue weighted by atomic mass is 10.1. The molecule has 0 unspecified atom stereocenters. The summed E-state index contributed by atoms with van der Waals surface area (Å²) in [7, 11) is 8.50. The third kappa shape index (κ3) is 8.42. The molecule has 0 rings (SSSR count). The van der Waals surface area contributed by atoms with Crippen molar-refractivity contribution < 1.29 is 4.48 Å². The second-order valence-electron chi connectivity index (χ2n) is 4.37. The molecule has 0 heterocycles. The van der Waals surface area contributed by atoms with Crippen molar-refractivity contribution in [3.8, 4) is 24.3 Å². The van der Waals surface area contributed by atoms with Crippen LogP contribution in [0.1, 0.15) is 0 Å². The largest absolute Gasteiger partial charge is 0.762 e. The van der Waals surface area contributed by atoms with E-state index in [1.807, 2.05) is 0 Å². The summed E-state index contributed by atoms with van der Waals surface area (Å²) in [6, 6.07) is 5.73. The molecule has 0 saturated carbocycles. The molecule has 0 spiro atoms. The summed E-state index contributed by atoms with van der Waals surface area (Å²) < 4.78 is 1.00. The highest BCUT2D eigenvalue weighted by Crippen LogP contribution is 2.09. The van der Waals surface area contributed by atoms with Crippen molar-refractivity contribution in [2.75, 3.05) is 28.2 Å². The second kappa shape index (κ2) is 8.28. The van der Waals surface area contributed by atoms with Gasteiger partial charge in [-0.15, -0.1) is 0 Å². The van der Waals surface area contributed by atoms with Gasteiger partial charge in [-0.05, 0) is 0 Å². The van der Waals surface area contributed by atoms with Gasteiger partial charge in [0.15, 0.2) is 0 Å². The maximum Gasteiger partial charge on any atom is 0.149 e. The summed E-state index contributed by atoms with van der Waals surface area (Å²) in [4.78, 5) is 0. The van der Waals surface area contributed by atoms with Gasteiger partial charge in [0.1, 0.15) is 35.4 Å².